The Morgan fingerprint density at radius 2 is 2.00 bits per heavy atom. The lowest BCUT2D eigenvalue weighted by molar-refractivity contribution is -0.130. The molecular weight excluding hydrogens is 204 g/mol. The van der Waals surface area contributed by atoms with Crippen LogP contribution in [0.3, 0.4) is 0 Å². The number of aromatic nitrogens is 1. The van der Waals surface area contributed by atoms with Gasteiger partial charge in [0, 0.05) is 25.4 Å². The summed E-state index contributed by atoms with van der Waals surface area (Å²) in [6, 6.07) is 3.27. The van der Waals surface area contributed by atoms with Crippen molar-refractivity contribution in [3.05, 3.63) is 34.2 Å². The fourth-order valence-corrected chi connectivity index (χ4v) is 1.99. The second-order valence-corrected chi connectivity index (χ2v) is 4.26. The molecule has 0 unspecified atom stereocenters. The average Bonchev–Trinajstić information content (AvgIpc) is 2.76. The van der Waals surface area contributed by atoms with Gasteiger partial charge in [-0.05, 0) is 25.3 Å². The predicted molar refractivity (Wildman–Crippen MR) is 61.3 cm³/mol. The molecule has 1 fully saturated rings. The molecule has 1 saturated heterocycles. The summed E-state index contributed by atoms with van der Waals surface area (Å²) >= 11 is 0. The van der Waals surface area contributed by atoms with Gasteiger partial charge in [0.15, 0.2) is 0 Å². The van der Waals surface area contributed by atoms with Crippen LogP contribution in [0.25, 0.3) is 0 Å². The first-order valence-electron chi connectivity index (χ1n) is 5.62. The van der Waals surface area contributed by atoms with Crippen molar-refractivity contribution >= 4 is 5.91 Å². The molecule has 86 valence electrons. The third kappa shape index (κ3) is 2.32. The Kier molecular flexibility index (Phi) is 3.08. The van der Waals surface area contributed by atoms with Crippen LogP contribution in [0.1, 0.15) is 18.4 Å². The molecule has 4 nitrogen and oxygen atoms in total. The maximum absolute atomic E-state index is 11.8. The van der Waals surface area contributed by atoms with Crippen molar-refractivity contribution in [1.82, 2.24) is 9.47 Å². The number of likely N-dealkylation sites (tertiary alicyclic amines) is 1. The quantitative estimate of drug-likeness (QED) is 0.739. The van der Waals surface area contributed by atoms with Gasteiger partial charge in [-0.25, -0.2) is 0 Å². The number of aryl methyl sites for hydroxylation is 1. The first kappa shape index (κ1) is 10.9. The molecule has 0 bridgehead atoms. The van der Waals surface area contributed by atoms with Gasteiger partial charge in [0.25, 0.3) is 5.56 Å². The van der Waals surface area contributed by atoms with Crippen LogP contribution in [0.2, 0.25) is 0 Å². The third-order valence-electron chi connectivity index (χ3n) is 2.90. The van der Waals surface area contributed by atoms with Crippen molar-refractivity contribution in [2.24, 2.45) is 0 Å². The molecule has 2 rings (SSSR count). The average molecular weight is 220 g/mol. The van der Waals surface area contributed by atoms with Gasteiger partial charge in [0.1, 0.15) is 6.54 Å². The minimum absolute atomic E-state index is 0.0465. The Labute approximate surface area is 94.5 Å². The van der Waals surface area contributed by atoms with E-state index in [-0.39, 0.29) is 18.0 Å². The molecule has 1 aliphatic rings. The molecule has 0 saturated carbocycles. The topological polar surface area (TPSA) is 42.3 Å². The van der Waals surface area contributed by atoms with E-state index in [1.54, 1.807) is 12.3 Å². The molecule has 1 aromatic heterocycles. The fraction of sp³-hybridized carbons (Fsp3) is 0.500. The van der Waals surface area contributed by atoms with E-state index in [1.807, 2.05) is 11.8 Å². The summed E-state index contributed by atoms with van der Waals surface area (Å²) in [7, 11) is 0. The van der Waals surface area contributed by atoms with Gasteiger partial charge in [-0.3, -0.25) is 9.59 Å². The zero-order chi connectivity index (χ0) is 11.5. The standard InChI is InChI=1S/C12H16N2O2/c1-10-4-5-11(15)14(8-10)9-12(16)13-6-2-3-7-13/h4-5,8H,2-3,6-7,9H2,1H3. The molecule has 0 aromatic carbocycles. The molecule has 1 aromatic rings. The second-order valence-electron chi connectivity index (χ2n) is 4.26. The molecule has 0 aliphatic carbocycles. The summed E-state index contributed by atoms with van der Waals surface area (Å²) in [6.45, 7) is 3.75. The van der Waals surface area contributed by atoms with E-state index in [4.69, 9.17) is 0 Å². The predicted octanol–water partition coefficient (Wildman–Crippen LogP) is 0.779. The Balaban J connectivity index is 2.11. The number of carbonyl (C=O) groups excluding carboxylic acids is 1. The van der Waals surface area contributed by atoms with Crippen molar-refractivity contribution in [2.45, 2.75) is 26.3 Å². The van der Waals surface area contributed by atoms with E-state index < -0.39 is 0 Å². The van der Waals surface area contributed by atoms with Crippen LogP contribution >= 0.6 is 0 Å². The molecule has 4 heteroatoms. The van der Waals surface area contributed by atoms with Crippen LogP contribution in [-0.2, 0) is 11.3 Å². The SMILES string of the molecule is Cc1ccc(=O)n(CC(=O)N2CCCC2)c1. The van der Waals surface area contributed by atoms with Crippen molar-refractivity contribution in [2.75, 3.05) is 13.1 Å². The summed E-state index contributed by atoms with van der Waals surface area (Å²) in [5.74, 6) is 0.0465. The largest absolute Gasteiger partial charge is 0.341 e. The Hall–Kier alpha value is -1.58. The highest BCUT2D eigenvalue weighted by atomic mass is 16.2. The minimum Gasteiger partial charge on any atom is -0.341 e. The highest BCUT2D eigenvalue weighted by molar-refractivity contribution is 5.76. The van der Waals surface area contributed by atoms with Crippen molar-refractivity contribution in [3.8, 4) is 0 Å². The number of nitrogens with zero attached hydrogens (tertiary/aromatic N) is 2. The number of hydrogen-bond donors (Lipinski definition) is 0. The van der Waals surface area contributed by atoms with Gasteiger partial charge in [-0.2, -0.15) is 0 Å². The smallest absolute Gasteiger partial charge is 0.251 e. The Morgan fingerprint density at radius 3 is 2.69 bits per heavy atom. The van der Waals surface area contributed by atoms with Gasteiger partial charge in [-0.1, -0.05) is 6.07 Å². The summed E-state index contributed by atoms with van der Waals surface area (Å²) in [5, 5.41) is 0. The molecule has 0 spiro atoms. The number of carbonyl (C=O) groups is 1. The molecular formula is C12H16N2O2. The Morgan fingerprint density at radius 1 is 1.31 bits per heavy atom. The number of amides is 1. The molecule has 0 N–H and O–H groups in total. The molecule has 0 radical (unpaired) electrons. The summed E-state index contributed by atoms with van der Waals surface area (Å²) in [6.07, 6.45) is 3.89. The van der Waals surface area contributed by atoms with E-state index in [1.165, 1.54) is 10.6 Å². The van der Waals surface area contributed by atoms with Crippen molar-refractivity contribution in [1.29, 1.82) is 0 Å². The number of rotatable bonds is 2. The molecule has 0 atom stereocenters. The zero-order valence-electron chi connectivity index (χ0n) is 9.48. The number of hydrogen-bond acceptors (Lipinski definition) is 2. The first-order valence-corrected chi connectivity index (χ1v) is 5.62. The van der Waals surface area contributed by atoms with Gasteiger partial charge < -0.3 is 9.47 Å². The molecule has 1 aliphatic heterocycles. The lowest BCUT2D eigenvalue weighted by atomic mass is 10.3. The number of pyridine rings is 1. The van der Waals surface area contributed by atoms with E-state index >= 15 is 0 Å². The highest BCUT2D eigenvalue weighted by Gasteiger charge is 2.18. The highest BCUT2D eigenvalue weighted by Crippen LogP contribution is 2.07. The monoisotopic (exact) mass is 220 g/mol. The van der Waals surface area contributed by atoms with E-state index in [2.05, 4.69) is 0 Å². The van der Waals surface area contributed by atoms with Crippen LogP contribution in [0, 0.1) is 6.92 Å². The van der Waals surface area contributed by atoms with Crippen LogP contribution in [0.4, 0.5) is 0 Å². The molecule has 2 heterocycles. The van der Waals surface area contributed by atoms with Crippen LogP contribution < -0.4 is 5.56 Å². The first-order chi connectivity index (χ1) is 7.66. The molecule has 16 heavy (non-hydrogen) atoms. The second kappa shape index (κ2) is 4.51. The lowest BCUT2D eigenvalue weighted by Crippen LogP contribution is -2.34. The summed E-state index contributed by atoms with van der Waals surface area (Å²) in [5.41, 5.74) is 0.881. The van der Waals surface area contributed by atoms with Gasteiger partial charge in [0.2, 0.25) is 5.91 Å². The maximum Gasteiger partial charge on any atom is 0.251 e. The summed E-state index contributed by atoms with van der Waals surface area (Å²) in [4.78, 5) is 25.2. The van der Waals surface area contributed by atoms with E-state index in [0.29, 0.717) is 0 Å². The van der Waals surface area contributed by atoms with Gasteiger partial charge in [0.05, 0.1) is 0 Å². The maximum atomic E-state index is 11.8. The van der Waals surface area contributed by atoms with Crippen molar-refractivity contribution in [3.63, 3.8) is 0 Å². The van der Waals surface area contributed by atoms with Gasteiger partial charge in [-0.15, -0.1) is 0 Å². The van der Waals surface area contributed by atoms with Gasteiger partial charge >= 0.3 is 0 Å². The zero-order valence-corrected chi connectivity index (χ0v) is 9.48. The lowest BCUT2D eigenvalue weighted by Gasteiger charge is -2.16. The van der Waals surface area contributed by atoms with Crippen LogP contribution in [0.15, 0.2) is 23.1 Å². The van der Waals surface area contributed by atoms with E-state index in [0.717, 1.165) is 31.5 Å². The Bertz CT molecular complexity index is 445. The minimum atomic E-state index is -0.113. The van der Waals surface area contributed by atoms with Crippen LogP contribution in [0.5, 0.6) is 0 Å². The van der Waals surface area contributed by atoms with E-state index in [9.17, 15) is 9.59 Å². The fourth-order valence-electron chi connectivity index (χ4n) is 1.99. The normalized spacial score (nSPS) is 15.4. The molecule has 1 amide bonds. The van der Waals surface area contributed by atoms with Crippen LogP contribution in [-0.4, -0.2) is 28.5 Å². The summed E-state index contributed by atoms with van der Waals surface area (Å²) < 4.78 is 1.48. The third-order valence-corrected chi connectivity index (χ3v) is 2.90. The van der Waals surface area contributed by atoms with Crippen molar-refractivity contribution < 1.29 is 4.79 Å².